The van der Waals surface area contributed by atoms with Crippen LogP contribution in [0, 0.1) is 6.92 Å². The molecule has 0 aliphatic heterocycles. The molecule has 0 saturated carbocycles. The molecule has 0 fully saturated rings. The number of hydrogen-bond donors (Lipinski definition) is 2. The maximum atomic E-state index is 11.6. The Bertz CT molecular complexity index is 543. The van der Waals surface area contributed by atoms with Crippen LogP contribution in [0.4, 0.5) is 11.4 Å². The quantitative estimate of drug-likeness (QED) is 0.814. The zero-order chi connectivity index (χ0) is 13.8. The third kappa shape index (κ3) is 4.54. The molecule has 5 nitrogen and oxygen atoms in total. The minimum atomic E-state index is -3.45. The number of alkyl halides is 1. The van der Waals surface area contributed by atoms with Crippen LogP contribution in [-0.4, -0.2) is 26.0 Å². The molecule has 0 radical (unpaired) electrons. The van der Waals surface area contributed by atoms with E-state index >= 15 is 0 Å². The first kappa shape index (κ1) is 14.8. The molecule has 100 valence electrons. The summed E-state index contributed by atoms with van der Waals surface area (Å²) in [7, 11) is -3.45. The number of rotatable bonds is 5. The summed E-state index contributed by atoms with van der Waals surface area (Å²) in [4.78, 5) is 10.9. The van der Waals surface area contributed by atoms with Crippen LogP contribution in [0.15, 0.2) is 18.2 Å². The molecule has 1 amide bonds. The number of nitrogens with one attached hydrogen (secondary N) is 2. The lowest BCUT2D eigenvalue weighted by Crippen LogP contribution is -2.18. The summed E-state index contributed by atoms with van der Waals surface area (Å²) in [5.74, 6) is -0.341. The summed E-state index contributed by atoms with van der Waals surface area (Å²) >= 11 is 5.42. The molecule has 0 bridgehead atoms. The van der Waals surface area contributed by atoms with Gasteiger partial charge in [0.2, 0.25) is 15.9 Å². The molecule has 0 atom stereocenters. The lowest BCUT2D eigenvalue weighted by Gasteiger charge is -2.11. The second kappa shape index (κ2) is 6.06. The Labute approximate surface area is 112 Å². The van der Waals surface area contributed by atoms with E-state index in [0.29, 0.717) is 11.4 Å². The highest BCUT2D eigenvalue weighted by molar-refractivity contribution is 7.92. The smallest absolute Gasteiger partial charge is 0.233 e. The maximum Gasteiger partial charge on any atom is 0.233 e. The topological polar surface area (TPSA) is 75.3 Å². The summed E-state index contributed by atoms with van der Waals surface area (Å²) in [6.07, 6.45) is 0. The van der Waals surface area contributed by atoms with Gasteiger partial charge >= 0.3 is 0 Å². The van der Waals surface area contributed by atoms with E-state index in [2.05, 4.69) is 10.0 Å². The van der Waals surface area contributed by atoms with Gasteiger partial charge in [-0.15, -0.1) is 11.6 Å². The van der Waals surface area contributed by atoms with E-state index in [1.165, 1.54) is 6.92 Å². The number of sulfonamides is 1. The van der Waals surface area contributed by atoms with Crippen molar-refractivity contribution in [3.8, 4) is 0 Å². The second-order valence-electron chi connectivity index (χ2n) is 3.82. The first-order valence-electron chi connectivity index (χ1n) is 5.29. The fourth-order valence-corrected chi connectivity index (χ4v) is 2.80. The predicted molar refractivity (Wildman–Crippen MR) is 73.6 cm³/mol. The van der Waals surface area contributed by atoms with Gasteiger partial charge in [-0.1, -0.05) is 6.07 Å². The Morgan fingerprint density at radius 1 is 1.39 bits per heavy atom. The normalized spacial score (nSPS) is 11.1. The van der Waals surface area contributed by atoms with Gasteiger partial charge in [-0.2, -0.15) is 0 Å². The van der Waals surface area contributed by atoms with Crippen molar-refractivity contribution in [3.05, 3.63) is 23.8 Å². The highest BCUT2D eigenvalue weighted by atomic mass is 35.5. The Balaban J connectivity index is 2.98. The third-order valence-corrected chi connectivity index (χ3v) is 3.85. The SMILES string of the molecule is CC(=O)Nc1ccc(C)c(NS(=O)(=O)CCCl)c1. The van der Waals surface area contributed by atoms with Gasteiger partial charge in [-0.25, -0.2) is 8.42 Å². The van der Waals surface area contributed by atoms with E-state index in [-0.39, 0.29) is 17.5 Å². The molecule has 1 aromatic rings. The fraction of sp³-hybridized carbons (Fsp3) is 0.364. The number of amides is 1. The number of carbonyl (C=O) groups excluding carboxylic acids is 1. The van der Waals surface area contributed by atoms with Gasteiger partial charge in [-0.05, 0) is 24.6 Å². The number of aryl methyl sites for hydroxylation is 1. The van der Waals surface area contributed by atoms with E-state index in [1.807, 2.05) is 0 Å². The summed E-state index contributed by atoms with van der Waals surface area (Å²) in [5, 5.41) is 2.59. The molecular formula is C11H15ClN2O3S. The number of benzene rings is 1. The average molecular weight is 291 g/mol. The van der Waals surface area contributed by atoms with Crippen LogP contribution in [0.25, 0.3) is 0 Å². The molecule has 0 aliphatic carbocycles. The molecule has 7 heteroatoms. The van der Waals surface area contributed by atoms with Crippen molar-refractivity contribution in [1.82, 2.24) is 0 Å². The first-order chi connectivity index (χ1) is 8.34. The van der Waals surface area contributed by atoms with Gasteiger partial charge in [0, 0.05) is 18.5 Å². The van der Waals surface area contributed by atoms with E-state index in [9.17, 15) is 13.2 Å². The fourth-order valence-electron chi connectivity index (χ4n) is 1.33. The van der Waals surface area contributed by atoms with E-state index < -0.39 is 10.0 Å². The van der Waals surface area contributed by atoms with Crippen molar-refractivity contribution in [1.29, 1.82) is 0 Å². The number of hydrogen-bond acceptors (Lipinski definition) is 3. The largest absolute Gasteiger partial charge is 0.326 e. The Morgan fingerprint density at radius 2 is 2.06 bits per heavy atom. The molecular weight excluding hydrogens is 276 g/mol. The van der Waals surface area contributed by atoms with E-state index in [1.54, 1.807) is 25.1 Å². The van der Waals surface area contributed by atoms with Crippen LogP contribution in [-0.2, 0) is 14.8 Å². The van der Waals surface area contributed by atoms with Gasteiger partial charge in [0.1, 0.15) is 0 Å². The van der Waals surface area contributed by atoms with Crippen molar-refractivity contribution in [3.63, 3.8) is 0 Å². The molecule has 0 aromatic heterocycles. The first-order valence-corrected chi connectivity index (χ1v) is 7.47. The van der Waals surface area contributed by atoms with Crippen molar-refractivity contribution < 1.29 is 13.2 Å². The van der Waals surface area contributed by atoms with Crippen LogP contribution < -0.4 is 10.0 Å². The summed E-state index contributed by atoms with van der Waals surface area (Å²) in [6.45, 7) is 3.16. The van der Waals surface area contributed by atoms with Gasteiger partial charge in [0.15, 0.2) is 0 Å². The zero-order valence-electron chi connectivity index (χ0n) is 10.2. The minimum absolute atomic E-state index is 0.0275. The number of anilines is 2. The molecule has 0 saturated heterocycles. The van der Waals surface area contributed by atoms with Crippen molar-refractivity contribution in [2.45, 2.75) is 13.8 Å². The molecule has 2 N–H and O–H groups in total. The summed E-state index contributed by atoms with van der Waals surface area (Å²) in [6, 6.07) is 5.00. The Hall–Kier alpha value is -1.27. The van der Waals surface area contributed by atoms with Crippen LogP contribution in [0.1, 0.15) is 12.5 Å². The molecule has 18 heavy (non-hydrogen) atoms. The van der Waals surface area contributed by atoms with Gasteiger partial charge in [0.25, 0.3) is 0 Å². The number of halogens is 1. The average Bonchev–Trinajstić information content (AvgIpc) is 2.21. The van der Waals surface area contributed by atoms with Crippen LogP contribution in [0.3, 0.4) is 0 Å². The van der Waals surface area contributed by atoms with Crippen LogP contribution in [0.5, 0.6) is 0 Å². The molecule has 1 rings (SSSR count). The summed E-state index contributed by atoms with van der Waals surface area (Å²) < 4.78 is 25.6. The maximum absolute atomic E-state index is 11.6. The molecule has 0 heterocycles. The van der Waals surface area contributed by atoms with Gasteiger partial charge in [-0.3, -0.25) is 9.52 Å². The lowest BCUT2D eigenvalue weighted by atomic mass is 10.2. The van der Waals surface area contributed by atoms with E-state index in [4.69, 9.17) is 11.6 Å². The van der Waals surface area contributed by atoms with Crippen molar-refractivity contribution in [2.24, 2.45) is 0 Å². The Morgan fingerprint density at radius 3 is 2.61 bits per heavy atom. The van der Waals surface area contributed by atoms with Crippen LogP contribution in [0.2, 0.25) is 0 Å². The van der Waals surface area contributed by atoms with Crippen LogP contribution >= 0.6 is 11.6 Å². The number of carbonyl (C=O) groups is 1. The molecule has 0 spiro atoms. The lowest BCUT2D eigenvalue weighted by molar-refractivity contribution is -0.114. The Kier molecular flexibility index (Phi) is 4.98. The second-order valence-corrected chi connectivity index (χ2v) is 6.04. The standard InChI is InChI=1S/C11H15ClN2O3S/c1-8-3-4-10(13-9(2)15)7-11(8)14-18(16,17)6-5-12/h3-4,7,14H,5-6H2,1-2H3,(H,13,15). The van der Waals surface area contributed by atoms with Gasteiger partial charge < -0.3 is 5.32 Å². The van der Waals surface area contributed by atoms with Crippen molar-refractivity contribution >= 4 is 38.9 Å². The third-order valence-electron chi connectivity index (χ3n) is 2.17. The highest BCUT2D eigenvalue weighted by Crippen LogP contribution is 2.21. The summed E-state index contributed by atoms with van der Waals surface area (Å²) in [5.41, 5.74) is 1.74. The zero-order valence-corrected chi connectivity index (χ0v) is 11.7. The van der Waals surface area contributed by atoms with Gasteiger partial charge in [0.05, 0.1) is 11.4 Å². The minimum Gasteiger partial charge on any atom is -0.326 e. The molecule has 0 aliphatic rings. The molecule has 1 aromatic carbocycles. The van der Waals surface area contributed by atoms with Crippen molar-refractivity contribution in [2.75, 3.05) is 21.7 Å². The van der Waals surface area contributed by atoms with E-state index in [0.717, 1.165) is 5.56 Å². The highest BCUT2D eigenvalue weighted by Gasteiger charge is 2.11. The molecule has 0 unspecified atom stereocenters. The predicted octanol–water partition coefficient (Wildman–Crippen LogP) is 1.93. The monoisotopic (exact) mass is 290 g/mol.